The van der Waals surface area contributed by atoms with Gasteiger partial charge in [-0.2, -0.15) is 11.3 Å². The van der Waals surface area contributed by atoms with Crippen LogP contribution in [0.2, 0.25) is 0 Å². The summed E-state index contributed by atoms with van der Waals surface area (Å²) in [6, 6.07) is 0.367. The van der Waals surface area contributed by atoms with Crippen LogP contribution in [0.15, 0.2) is 17.0 Å². The summed E-state index contributed by atoms with van der Waals surface area (Å²) >= 11 is 1.71. The van der Waals surface area contributed by atoms with Crippen molar-refractivity contribution in [3.05, 3.63) is 33.8 Å². The third kappa shape index (κ3) is 2.38. The summed E-state index contributed by atoms with van der Waals surface area (Å²) in [5, 5.41) is 7.69. The molecule has 0 aliphatic heterocycles. The molecule has 1 aliphatic rings. The molecule has 3 rings (SSSR count). The van der Waals surface area contributed by atoms with Crippen LogP contribution in [-0.4, -0.2) is 17.0 Å². The van der Waals surface area contributed by atoms with E-state index in [1.54, 1.807) is 11.3 Å². The van der Waals surface area contributed by atoms with Gasteiger partial charge in [0.2, 0.25) is 0 Å². The fourth-order valence-electron chi connectivity index (χ4n) is 3.02. The lowest BCUT2D eigenvalue weighted by Crippen LogP contribution is -2.32. The molecular formula is C16H21N3S. The molecule has 0 saturated carbocycles. The van der Waals surface area contributed by atoms with Crippen molar-refractivity contribution >= 4 is 11.3 Å². The lowest BCUT2D eigenvalue weighted by Gasteiger charge is -2.36. The van der Waals surface area contributed by atoms with Gasteiger partial charge in [-0.25, -0.2) is 9.97 Å². The van der Waals surface area contributed by atoms with E-state index in [-0.39, 0.29) is 5.41 Å². The average molecular weight is 287 g/mol. The molecule has 4 heteroatoms. The smallest absolute Gasteiger partial charge is 0.160 e. The Hall–Kier alpha value is -1.26. The van der Waals surface area contributed by atoms with Crippen LogP contribution in [0.5, 0.6) is 0 Å². The Balaban J connectivity index is 2.06. The summed E-state index contributed by atoms with van der Waals surface area (Å²) in [4.78, 5) is 9.46. The summed E-state index contributed by atoms with van der Waals surface area (Å²) in [5.74, 6) is 0.870. The van der Waals surface area contributed by atoms with E-state index >= 15 is 0 Å². The quantitative estimate of drug-likeness (QED) is 0.914. The van der Waals surface area contributed by atoms with Crippen molar-refractivity contribution in [2.75, 3.05) is 7.05 Å². The first kappa shape index (κ1) is 13.7. The van der Waals surface area contributed by atoms with Gasteiger partial charge in [-0.15, -0.1) is 0 Å². The third-order valence-corrected chi connectivity index (χ3v) is 4.98. The van der Waals surface area contributed by atoms with Crippen LogP contribution in [0.25, 0.3) is 11.4 Å². The van der Waals surface area contributed by atoms with Crippen LogP contribution < -0.4 is 5.32 Å². The minimum Gasteiger partial charge on any atom is -0.313 e. The lowest BCUT2D eigenvalue weighted by molar-refractivity contribution is 0.260. The molecule has 2 aromatic heterocycles. The van der Waals surface area contributed by atoms with Crippen LogP contribution in [0.1, 0.15) is 43.1 Å². The normalized spacial score (nSPS) is 20.7. The van der Waals surface area contributed by atoms with E-state index in [0.29, 0.717) is 6.04 Å². The van der Waals surface area contributed by atoms with Gasteiger partial charge in [-0.05, 0) is 43.2 Å². The second-order valence-corrected chi connectivity index (χ2v) is 7.19. The monoisotopic (exact) mass is 287 g/mol. The predicted octanol–water partition coefficient (Wildman–Crippen LogP) is 3.75. The number of aromatic nitrogens is 2. The van der Waals surface area contributed by atoms with Gasteiger partial charge in [0.25, 0.3) is 0 Å². The van der Waals surface area contributed by atoms with E-state index < -0.39 is 0 Å². The Labute approximate surface area is 124 Å². The number of thiophene rings is 1. The first-order valence-corrected chi connectivity index (χ1v) is 8.01. The number of nitrogens with one attached hydrogen (secondary N) is 1. The Bertz CT molecular complexity index is 630. The topological polar surface area (TPSA) is 37.8 Å². The summed E-state index contributed by atoms with van der Waals surface area (Å²) in [5.41, 5.74) is 5.19. The molecule has 2 aromatic rings. The number of fused-ring (bicyclic) bond motifs is 1. The van der Waals surface area contributed by atoms with Crippen molar-refractivity contribution in [3.63, 3.8) is 0 Å². The molecule has 1 N–H and O–H groups in total. The van der Waals surface area contributed by atoms with Crippen LogP contribution in [0.3, 0.4) is 0 Å². The van der Waals surface area contributed by atoms with E-state index in [9.17, 15) is 0 Å². The molecule has 3 nitrogen and oxygen atoms in total. The van der Waals surface area contributed by atoms with Gasteiger partial charge < -0.3 is 5.32 Å². The highest BCUT2D eigenvalue weighted by atomic mass is 32.1. The molecule has 0 radical (unpaired) electrons. The molecule has 0 amide bonds. The van der Waals surface area contributed by atoms with Crippen molar-refractivity contribution < 1.29 is 0 Å². The van der Waals surface area contributed by atoms with Gasteiger partial charge in [0.05, 0.1) is 0 Å². The maximum Gasteiger partial charge on any atom is 0.160 e. The van der Waals surface area contributed by atoms with Crippen LogP contribution in [0, 0.1) is 12.3 Å². The van der Waals surface area contributed by atoms with Crippen LogP contribution in [0.4, 0.5) is 0 Å². The molecule has 1 atom stereocenters. The third-order valence-electron chi connectivity index (χ3n) is 4.12. The highest BCUT2D eigenvalue weighted by Crippen LogP contribution is 2.40. The molecule has 2 heterocycles. The summed E-state index contributed by atoms with van der Waals surface area (Å²) in [6.45, 7) is 6.75. The number of hydrogen-bond acceptors (Lipinski definition) is 4. The summed E-state index contributed by atoms with van der Waals surface area (Å²) in [7, 11) is 2.02. The van der Waals surface area contributed by atoms with Crippen molar-refractivity contribution in [2.45, 2.75) is 39.7 Å². The highest BCUT2D eigenvalue weighted by Gasteiger charge is 2.33. The molecular weight excluding hydrogens is 266 g/mol. The summed E-state index contributed by atoms with van der Waals surface area (Å²) in [6.07, 6.45) is 4.18. The number of rotatable bonds is 2. The Morgan fingerprint density at radius 2 is 2.15 bits per heavy atom. The van der Waals surface area contributed by atoms with E-state index in [0.717, 1.165) is 18.7 Å². The lowest BCUT2D eigenvalue weighted by atomic mass is 9.74. The molecule has 0 bridgehead atoms. The Morgan fingerprint density at radius 3 is 2.80 bits per heavy atom. The fourth-order valence-corrected chi connectivity index (χ4v) is 3.85. The van der Waals surface area contributed by atoms with Crippen LogP contribution >= 0.6 is 11.3 Å². The van der Waals surface area contributed by atoms with Crippen molar-refractivity contribution in [2.24, 2.45) is 5.41 Å². The van der Waals surface area contributed by atoms with E-state index in [1.807, 2.05) is 13.2 Å². The molecule has 0 spiro atoms. The van der Waals surface area contributed by atoms with E-state index in [4.69, 9.17) is 4.98 Å². The largest absolute Gasteiger partial charge is 0.313 e. The fraction of sp³-hybridized carbons (Fsp3) is 0.500. The second-order valence-electron chi connectivity index (χ2n) is 6.45. The van der Waals surface area contributed by atoms with Crippen LogP contribution in [-0.2, 0) is 6.42 Å². The molecule has 0 saturated heterocycles. The molecule has 0 fully saturated rings. The average Bonchev–Trinajstić information content (AvgIpc) is 2.82. The van der Waals surface area contributed by atoms with Gasteiger partial charge in [-0.1, -0.05) is 13.8 Å². The zero-order chi connectivity index (χ0) is 14.3. The zero-order valence-electron chi connectivity index (χ0n) is 12.5. The predicted molar refractivity (Wildman–Crippen MR) is 84.0 cm³/mol. The minimum absolute atomic E-state index is 0.288. The van der Waals surface area contributed by atoms with Crippen molar-refractivity contribution in [1.29, 1.82) is 0 Å². The van der Waals surface area contributed by atoms with Crippen molar-refractivity contribution in [3.8, 4) is 11.4 Å². The standard InChI is InChI=1S/C16H21N3S/c1-10-8-20-9-12(10)15-18-7-11-13(17-4)5-16(2,3)6-14(11)19-15/h7-9,13,17H,5-6H2,1-4H3. The molecule has 106 valence electrons. The van der Waals surface area contributed by atoms with Gasteiger partial charge >= 0.3 is 0 Å². The van der Waals surface area contributed by atoms with Gasteiger partial charge in [0.1, 0.15) is 0 Å². The van der Waals surface area contributed by atoms with E-state index in [1.165, 1.54) is 22.4 Å². The Morgan fingerprint density at radius 1 is 1.35 bits per heavy atom. The van der Waals surface area contributed by atoms with Gasteiger partial charge in [-0.3, -0.25) is 0 Å². The maximum atomic E-state index is 4.87. The molecule has 1 aliphatic carbocycles. The number of aryl methyl sites for hydroxylation is 1. The van der Waals surface area contributed by atoms with Gasteiger partial charge in [0.15, 0.2) is 5.82 Å². The maximum absolute atomic E-state index is 4.87. The molecule has 0 aromatic carbocycles. The SMILES string of the molecule is CNC1CC(C)(C)Cc2nc(-c3cscc3C)ncc21. The number of nitrogens with zero attached hydrogens (tertiary/aromatic N) is 2. The first-order chi connectivity index (χ1) is 9.50. The van der Waals surface area contributed by atoms with Gasteiger partial charge in [0, 0.05) is 34.4 Å². The number of hydrogen-bond donors (Lipinski definition) is 1. The zero-order valence-corrected chi connectivity index (χ0v) is 13.3. The Kier molecular flexibility index (Phi) is 3.38. The first-order valence-electron chi connectivity index (χ1n) is 7.06. The highest BCUT2D eigenvalue weighted by molar-refractivity contribution is 7.08. The molecule has 1 unspecified atom stereocenters. The van der Waals surface area contributed by atoms with Crippen molar-refractivity contribution in [1.82, 2.24) is 15.3 Å². The second kappa shape index (κ2) is 4.93. The molecule has 20 heavy (non-hydrogen) atoms. The minimum atomic E-state index is 0.288. The summed E-state index contributed by atoms with van der Waals surface area (Å²) < 4.78 is 0. The van der Waals surface area contributed by atoms with E-state index in [2.05, 4.69) is 41.8 Å².